The summed E-state index contributed by atoms with van der Waals surface area (Å²) < 4.78 is 5.94. The van der Waals surface area contributed by atoms with Gasteiger partial charge < -0.3 is 10.0 Å². The van der Waals surface area contributed by atoms with E-state index < -0.39 is 6.23 Å². The first-order valence-electron chi connectivity index (χ1n) is 11.6. The molecule has 8 heteroatoms. The molecular weight excluding hydrogens is 456 g/mol. The van der Waals surface area contributed by atoms with Crippen LogP contribution in [0.5, 0.6) is 0 Å². The molecule has 6 nitrogen and oxygen atoms in total. The van der Waals surface area contributed by atoms with Crippen molar-refractivity contribution in [2.75, 3.05) is 42.5 Å². The Morgan fingerprint density at radius 3 is 2.67 bits per heavy atom. The molecular formula is C25H29ClN4O2S. The Morgan fingerprint density at radius 2 is 1.91 bits per heavy atom. The molecule has 0 radical (unpaired) electrons. The third-order valence-corrected chi connectivity index (χ3v) is 7.87. The lowest BCUT2D eigenvalue weighted by molar-refractivity contribution is -0.119. The normalized spacial score (nSPS) is 17.9. The van der Waals surface area contributed by atoms with Gasteiger partial charge >= 0.3 is 0 Å². The fourth-order valence-electron chi connectivity index (χ4n) is 4.75. The van der Waals surface area contributed by atoms with Gasteiger partial charge in [-0.25, -0.2) is 0 Å². The smallest absolute Gasteiger partial charge is 0.233 e. The van der Waals surface area contributed by atoms with Gasteiger partial charge in [-0.15, -0.1) is 0 Å². The fourth-order valence-corrected chi connectivity index (χ4v) is 5.80. The van der Waals surface area contributed by atoms with Crippen LogP contribution in [0.3, 0.4) is 0 Å². The summed E-state index contributed by atoms with van der Waals surface area (Å²) >= 11 is 8.18. The average molecular weight is 485 g/mol. The third-order valence-electron chi connectivity index (χ3n) is 6.71. The van der Waals surface area contributed by atoms with Crippen LogP contribution in [-0.2, 0) is 17.6 Å². The number of halogens is 1. The molecule has 0 spiro atoms. The molecule has 3 heterocycles. The van der Waals surface area contributed by atoms with Crippen LogP contribution in [0.25, 0.3) is 10.1 Å². The minimum absolute atomic E-state index is 0.0423. The summed E-state index contributed by atoms with van der Waals surface area (Å²) in [7, 11) is 0. The Morgan fingerprint density at radius 1 is 1.15 bits per heavy atom. The topological polar surface area (TPSA) is 59.9 Å². The molecule has 0 saturated carbocycles. The van der Waals surface area contributed by atoms with Gasteiger partial charge in [0.1, 0.15) is 12.0 Å². The first kappa shape index (κ1) is 22.6. The van der Waals surface area contributed by atoms with Gasteiger partial charge in [0.25, 0.3) is 0 Å². The van der Waals surface area contributed by atoms with Crippen molar-refractivity contribution in [3.8, 4) is 0 Å². The highest BCUT2D eigenvalue weighted by atomic mass is 35.5. The van der Waals surface area contributed by atoms with Crippen LogP contribution in [0.1, 0.15) is 25.0 Å². The van der Waals surface area contributed by atoms with Crippen LogP contribution in [-0.4, -0.2) is 59.2 Å². The minimum Gasteiger partial charge on any atom is -0.373 e. The van der Waals surface area contributed by atoms with Crippen molar-refractivity contribution in [3.63, 3.8) is 0 Å². The van der Waals surface area contributed by atoms with Gasteiger partial charge in [-0.2, -0.15) is 4.37 Å². The molecule has 1 amide bonds. The SMILES string of the molecule is CC(C)C(O)N1C(=O)Cc2cc(CCN3CCN(c4nsc5ccccc45)CC3)c(Cl)cc21. The van der Waals surface area contributed by atoms with Gasteiger partial charge in [0, 0.05) is 43.1 Å². The van der Waals surface area contributed by atoms with Gasteiger partial charge in [-0.1, -0.05) is 43.6 Å². The zero-order chi connectivity index (χ0) is 23.1. The maximum Gasteiger partial charge on any atom is 0.233 e. The van der Waals surface area contributed by atoms with Gasteiger partial charge in [0.2, 0.25) is 5.91 Å². The largest absolute Gasteiger partial charge is 0.373 e. The minimum atomic E-state index is -0.827. The van der Waals surface area contributed by atoms with Crippen molar-refractivity contribution in [3.05, 3.63) is 52.5 Å². The maximum atomic E-state index is 12.5. The number of aliphatic hydroxyl groups is 1. The molecule has 1 N–H and O–H groups in total. The third kappa shape index (κ3) is 4.35. The Kier molecular flexibility index (Phi) is 6.31. The molecule has 1 unspecified atom stereocenters. The number of rotatable bonds is 6. The van der Waals surface area contributed by atoms with E-state index in [0.29, 0.717) is 11.4 Å². The number of aromatic nitrogens is 1. The molecule has 0 bridgehead atoms. The number of aliphatic hydroxyl groups excluding tert-OH is 1. The van der Waals surface area contributed by atoms with Crippen LogP contribution >= 0.6 is 23.1 Å². The highest BCUT2D eigenvalue weighted by molar-refractivity contribution is 7.13. The van der Waals surface area contributed by atoms with E-state index in [1.807, 2.05) is 19.9 Å². The van der Waals surface area contributed by atoms with E-state index in [0.717, 1.165) is 61.8 Å². The van der Waals surface area contributed by atoms with Crippen molar-refractivity contribution in [2.45, 2.75) is 32.9 Å². The summed E-state index contributed by atoms with van der Waals surface area (Å²) in [4.78, 5) is 18.9. The number of anilines is 2. The average Bonchev–Trinajstić information content (AvgIpc) is 3.37. The summed E-state index contributed by atoms with van der Waals surface area (Å²) in [5, 5.41) is 12.4. The highest BCUT2D eigenvalue weighted by Crippen LogP contribution is 2.36. The van der Waals surface area contributed by atoms with E-state index in [-0.39, 0.29) is 11.8 Å². The number of amides is 1. The lowest BCUT2D eigenvalue weighted by atomic mass is 10.0. The van der Waals surface area contributed by atoms with E-state index in [1.165, 1.54) is 15.0 Å². The molecule has 33 heavy (non-hydrogen) atoms. The molecule has 1 saturated heterocycles. The monoisotopic (exact) mass is 484 g/mol. The fraction of sp³-hybridized carbons (Fsp3) is 0.440. The Hall–Kier alpha value is -2.19. The standard InChI is InChI=1S/C25H29ClN4O2S/c1-16(2)25(32)30-21-15-20(26)17(13-18(21)14-23(30)31)7-8-28-9-11-29(12-10-28)24-19-5-3-4-6-22(19)33-27-24/h3-6,13,15-16,25,32H,7-12,14H2,1-2H3. The Labute approximate surface area is 203 Å². The molecule has 1 fully saturated rings. The lowest BCUT2D eigenvalue weighted by Crippen LogP contribution is -2.47. The van der Waals surface area contributed by atoms with E-state index in [4.69, 9.17) is 16.0 Å². The lowest BCUT2D eigenvalue weighted by Gasteiger charge is -2.35. The van der Waals surface area contributed by atoms with Crippen LogP contribution in [0.2, 0.25) is 5.02 Å². The summed E-state index contributed by atoms with van der Waals surface area (Å²) in [5.74, 6) is 0.999. The van der Waals surface area contributed by atoms with Gasteiger partial charge in [0.05, 0.1) is 16.8 Å². The number of hydrogen-bond acceptors (Lipinski definition) is 6. The number of piperazine rings is 1. The zero-order valence-electron chi connectivity index (χ0n) is 19.0. The quantitative estimate of drug-likeness (QED) is 0.568. The van der Waals surface area contributed by atoms with Crippen LogP contribution in [0, 0.1) is 5.92 Å². The van der Waals surface area contributed by atoms with Crippen molar-refractivity contribution in [1.82, 2.24) is 9.27 Å². The summed E-state index contributed by atoms with van der Waals surface area (Å²) in [6, 6.07) is 12.3. The summed E-state index contributed by atoms with van der Waals surface area (Å²) in [5.41, 5.74) is 2.77. The van der Waals surface area contributed by atoms with E-state index >= 15 is 0 Å². The molecule has 5 rings (SSSR count). The van der Waals surface area contributed by atoms with E-state index in [9.17, 15) is 9.90 Å². The first-order chi connectivity index (χ1) is 15.9. The molecule has 2 aliphatic rings. The number of carbonyl (C=O) groups is 1. The second-order valence-electron chi connectivity index (χ2n) is 9.25. The van der Waals surface area contributed by atoms with Gasteiger partial charge in [-0.05, 0) is 53.2 Å². The van der Waals surface area contributed by atoms with Crippen molar-refractivity contribution in [1.29, 1.82) is 0 Å². The number of benzene rings is 2. The second-order valence-corrected chi connectivity index (χ2v) is 10.5. The van der Waals surface area contributed by atoms with Crippen LogP contribution < -0.4 is 9.80 Å². The Balaban J connectivity index is 1.21. The second kappa shape index (κ2) is 9.22. The molecule has 1 atom stereocenters. The number of fused-ring (bicyclic) bond motifs is 2. The number of carbonyl (C=O) groups excluding carboxylic acids is 1. The maximum absolute atomic E-state index is 12.5. The van der Waals surface area contributed by atoms with Crippen molar-refractivity contribution < 1.29 is 9.90 Å². The summed E-state index contributed by atoms with van der Waals surface area (Å²) in [6.45, 7) is 8.63. The van der Waals surface area contributed by atoms with Crippen LogP contribution in [0.4, 0.5) is 11.5 Å². The predicted octanol–water partition coefficient (Wildman–Crippen LogP) is 4.18. The Bertz CT molecular complexity index is 1170. The van der Waals surface area contributed by atoms with Gasteiger partial charge in [0.15, 0.2) is 0 Å². The zero-order valence-corrected chi connectivity index (χ0v) is 20.6. The van der Waals surface area contributed by atoms with Gasteiger partial charge in [-0.3, -0.25) is 14.6 Å². The summed E-state index contributed by atoms with van der Waals surface area (Å²) in [6.07, 6.45) is 0.336. The van der Waals surface area contributed by atoms with E-state index in [2.05, 4.69) is 40.1 Å². The molecule has 0 aliphatic carbocycles. The highest BCUT2D eigenvalue weighted by Gasteiger charge is 2.34. The molecule has 2 aromatic carbocycles. The molecule has 3 aromatic rings. The number of hydrogen-bond donors (Lipinski definition) is 1. The molecule has 2 aliphatic heterocycles. The number of nitrogens with zero attached hydrogens (tertiary/aromatic N) is 4. The van der Waals surface area contributed by atoms with Crippen LogP contribution in [0.15, 0.2) is 36.4 Å². The van der Waals surface area contributed by atoms with Crippen molar-refractivity contribution in [2.24, 2.45) is 5.92 Å². The van der Waals surface area contributed by atoms with E-state index in [1.54, 1.807) is 11.5 Å². The predicted molar refractivity (Wildman–Crippen MR) is 135 cm³/mol. The van der Waals surface area contributed by atoms with Crippen molar-refractivity contribution >= 4 is 50.6 Å². The molecule has 1 aromatic heterocycles. The first-order valence-corrected chi connectivity index (χ1v) is 12.7. The molecule has 174 valence electrons.